The zero-order valence-corrected chi connectivity index (χ0v) is 10.8. The van der Waals surface area contributed by atoms with Crippen LogP contribution in [0.5, 0.6) is 5.75 Å². The lowest BCUT2D eigenvalue weighted by molar-refractivity contribution is -0.119. The second-order valence-electron chi connectivity index (χ2n) is 4.19. The van der Waals surface area contributed by atoms with Gasteiger partial charge in [0.05, 0.1) is 7.11 Å². The molecule has 5 nitrogen and oxygen atoms in total. The van der Waals surface area contributed by atoms with E-state index in [4.69, 9.17) is 4.74 Å². The monoisotopic (exact) mass is 253 g/mol. The standard InChI is InChI=1S/C13H19NO4/c1-8-4-5-12(18-3)10(6-8)13(17)11(16)7-14-9(2)15/h4-6,11,13,16-17H,7H2,1-3H3,(H,14,15). The third kappa shape index (κ3) is 3.72. The normalized spacial score (nSPS) is 13.8. The summed E-state index contributed by atoms with van der Waals surface area (Å²) < 4.78 is 5.14. The van der Waals surface area contributed by atoms with Crippen molar-refractivity contribution in [3.05, 3.63) is 29.3 Å². The third-order valence-electron chi connectivity index (χ3n) is 2.63. The molecule has 0 fully saturated rings. The summed E-state index contributed by atoms with van der Waals surface area (Å²) in [6, 6.07) is 5.34. The summed E-state index contributed by atoms with van der Waals surface area (Å²) in [6.45, 7) is 3.23. The van der Waals surface area contributed by atoms with E-state index in [1.54, 1.807) is 12.1 Å². The van der Waals surface area contributed by atoms with Crippen molar-refractivity contribution in [1.29, 1.82) is 0 Å². The fourth-order valence-electron chi connectivity index (χ4n) is 1.65. The summed E-state index contributed by atoms with van der Waals surface area (Å²) in [5.74, 6) is 0.257. The Labute approximate surface area is 106 Å². The Morgan fingerprint density at radius 3 is 2.67 bits per heavy atom. The van der Waals surface area contributed by atoms with Gasteiger partial charge in [0, 0.05) is 19.0 Å². The first kappa shape index (κ1) is 14.5. The third-order valence-corrected chi connectivity index (χ3v) is 2.63. The van der Waals surface area contributed by atoms with Crippen LogP contribution >= 0.6 is 0 Å². The first-order chi connectivity index (χ1) is 8.45. The maximum absolute atomic E-state index is 10.8. The van der Waals surface area contributed by atoms with Gasteiger partial charge in [-0.3, -0.25) is 4.79 Å². The minimum atomic E-state index is -1.10. The summed E-state index contributed by atoms with van der Waals surface area (Å²) in [5.41, 5.74) is 1.46. The Hall–Kier alpha value is -1.59. The summed E-state index contributed by atoms with van der Waals surface area (Å²) >= 11 is 0. The molecule has 5 heteroatoms. The molecule has 0 radical (unpaired) electrons. The van der Waals surface area contributed by atoms with Gasteiger partial charge in [0.25, 0.3) is 0 Å². The van der Waals surface area contributed by atoms with Gasteiger partial charge in [0.15, 0.2) is 0 Å². The number of hydrogen-bond acceptors (Lipinski definition) is 4. The highest BCUT2D eigenvalue weighted by molar-refractivity contribution is 5.72. The summed E-state index contributed by atoms with van der Waals surface area (Å²) in [4.78, 5) is 10.8. The number of aliphatic hydroxyl groups is 2. The number of benzene rings is 1. The molecule has 0 aliphatic carbocycles. The SMILES string of the molecule is COc1ccc(C)cc1C(O)C(O)CNC(C)=O. The Morgan fingerprint density at radius 2 is 2.11 bits per heavy atom. The van der Waals surface area contributed by atoms with Crippen LogP contribution < -0.4 is 10.1 Å². The van der Waals surface area contributed by atoms with Crippen LogP contribution in [0.25, 0.3) is 0 Å². The molecule has 2 atom stereocenters. The molecule has 0 saturated carbocycles. The van der Waals surface area contributed by atoms with Crippen LogP contribution in [0.3, 0.4) is 0 Å². The van der Waals surface area contributed by atoms with E-state index < -0.39 is 12.2 Å². The van der Waals surface area contributed by atoms with Gasteiger partial charge in [-0.05, 0) is 19.1 Å². The van der Waals surface area contributed by atoms with Crippen molar-refractivity contribution in [2.75, 3.05) is 13.7 Å². The molecule has 0 heterocycles. The molecule has 0 saturated heterocycles. The van der Waals surface area contributed by atoms with E-state index in [2.05, 4.69) is 5.32 Å². The Morgan fingerprint density at radius 1 is 1.44 bits per heavy atom. The van der Waals surface area contributed by atoms with E-state index >= 15 is 0 Å². The van der Waals surface area contributed by atoms with E-state index in [1.165, 1.54) is 14.0 Å². The minimum absolute atomic E-state index is 0.00635. The number of ether oxygens (including phenoxy) is 1. The number of carbonyl (C=O) groups excluding carboxylic acids is 1. The average molecular weight is 253 g/mol. The molecule has 1 aromatic rings. The summed E-state index contributed by atoms with van der Waals surface area (Å²) in [6.07, 6.45) is -2.18. The molecule has 1 aromatic carbocycles. The van der Waals surface area contributed by atoms with Gasteiger partial charge in [-0.25, -0.2) is 0 Å². The molecule has 100 valence electrons. The van der Waals surface area contributed by atoms with Crippen molar-refractivity contribution in [3.8, 4) is 5.75 Å². The number of nitrogens with one attached hydrogen (secondary N) is 1. The van der Waals surface area contributed by atoms with E-state index in [0.717, 1.165) is 5.56 Å². The van der Waals surface area contributed by atoms with Crippen LogP contribution in [0.2, 0.25) is 0 Å². The summed E-state index contributed by atoms with van der Waals surface area (Å²) in [5, 5.41) is 22.3. The quantitative estimate of drug-likeness (QED) is 0.715. The molecule has 0 aliphatic heterocycles. The maximum Gasteiger partial charge on any atom is 0.216 e. The predicted molar refractivity (Wildman–Crippen MR) is 67.4 cm³/mol. The van der Waals surface area contributed by atoms with E-state index in [9.17, 15) is 15.0 Å². The van der Waals surface area contributed by atoms with Crippen molar-refractivity contribution >= 4 is 5.91 Å². The molecule has 0 aliphatic rings. The van der Waals surface area contributed by atoms with Gasteiger partial charge in [-0.1, -0.05) is 11.6 Å². The average Bonchev–Trinajstić information content (AvgIpc) is 2.34. The van der Waals surface area contributed by atoms with Gasteiger partial charge >= 0.3 is 0 Å². The van der Waals surface area contributed by atoms with Crippen molar-refractivity contribution in [1.82, 2.24) is 5.32 Å². The second-order valence-corrected chi connectivity index (χ2v) is 4.19. The van der Waals surface area contributed by atoms with Crippen LogP contribution in [0.1, 0.15) is 24.2 Å². The van der Waals surface area contributed by atoms with E-state index in [-0.39, 0.29) is 12.5 Å². The van der Waals surface area contributed by atoms with Crippen molar-refractivity contribution in [2.24, 2.45) is 0 Å². The topological polar surface area (TPSA) is 78.8 Å². The molecule has 18 heavy (non-hydrogen) atoms. The Bertz CT molecular complexity index is 419. The smallest absolute Gasteiger partial charge is 0.216 e. The molecule has 0 aromatic heterocycles. The molecular formula is C13H19NO4. The van der Waals surface area contributed by atoms with E-state index in [1.807, 2.05) is 13.0 Å². The molecule has 2 unspecified atom stereocenters. The second kappa shape index (κ2) is 6.37. The number of carbonyl (C=O) groups is 1. The first-order valence-corrected chi connectivity index (χ1v) is 5.70. The lowest BCUT2D eigenvalue weighted by Crippen LogP contribution is -2.34. The number of rotatable bonds is 5. The fourth-order valence-corrected chi connectivity index (χ4v) is 1.65. The Balaban J connectivity index is 2.84. The maximum atomic E-state index is 10.8. The number of amides is 1. The predicted octanol–water partition coefficient (Wildman–Crippen LogP) is 0.534. The van der Waals surface area contributed by atoms with Gasteiger partial charge < -0.3 is 20.3 Å². The zero-order chi connectivity index (χ0) is 13.7. The van der Waals surface area contributed by atoms with Crippen LogP contribution in [-0.4, -0.2) is 35.9 Å². The molecule has 1 rings (SSSR count). The number of aliphatic hydroxyl groups excluding tert-OH is 2. The van der Waals surface area contributed by atoms with Gasteiger partial charge in [0.2, 0.25) is 5.91 Å². The molecule has 0 spiro atoms. The molecule has 0 bridgehead atoms. The van der Waals surface area contributed by atoms with Crippen LogP contribution in [-0.2, 0) is 4.79 Å². The highest BCUT2D eigenvalue weighted by Gasteiger charge is 2.22. The van der Waals surface area contributed by atoms with Crippen LogP contribution in [0, 0.1) is 6.92 Å². The Kier molecular flexibility index (Phi) is 5.12. The van der Waals surface area contributed by atoms with Gasteiger partial charge in [-0.15, -0.1) is 0 Å². The molecule has 1 amide bonds. The van der Waals surface area contributed by atoms with Crippen molar-refractivity contribution < 1.29 is 19.7 Å². The summed E-state index contributed by atoms with van der Waals surface area (Å²) in [7, 11) is 1.50. The van der Waals surface area contributed by atoms with Crippen molar-refractivity contribution in [2.45, 2.75) is 26.1 Å². The van der Waals surface area contributed by atoms with Crippen LogP contribution in [0.15, 0.2) is 18.2 Å². The van der Waals surface area contributed by atoms with E-state index in [0.29, 0.717) is 11.3 Å². The minimum Gasteiger partial charge on any atom is -0.496 e. The first-order valence-electron chi connectivity index (χ1n) is 5.70. The number of aryl methyl sites for hydroxylation is 1. The molecular weight excluding hydrogens is 234 g/mol. The van der Waals surface area contributed by atoms with Gasteiger partial charge in [0.1, 0.15) is 18.0 Å². The molecule has 3 N–H and O–H groups in total. The lowest BCUT2D eigenvalue weighted by atomic mass is 10.0. The fraction of sp³-hybridized carbons (Fsp3) is 0.462. The lowest BCUT2D eigenvalue weighted by Gasteiger charge is -2.20. The van der Waals surface area contributed by atoms with Crippen LogP contribution in [0.4, 0.5) is 0 Å². The van der Waals surface area contributed by atoms with Crippen molar-refractivity contribution in [3.63, 3.8) is 0 Å². The number of methoxy groups -OCH3 is 1. The highest BCUT2D eigenvalue weighted by Crippen LogP contribution is 2.28. The highest BCUT2D eigenvalue weighted by atomic mass is 16.5. The number of hydrogen-bond donors (Lipinski definition) is 3. The van der Waals surface area contributed by atoms with Gasteiger partial charge in [-0.2, -0.15) is 0 Å². The zero-order valence-electron chi connectivity index (χ0n) is 10.8. The largest absolute Gasteiger partial charge is 0.496 e.